The van der Waals surface area contributed by atoms with E-state index in [0.717, 1.165) is 5.56 Å². The number of aliphatic hydroxyl groups excluding tert-OH is 1. The average Bonchev–Trinajstić information content (AvgIpc) is 2.57. The van der Waals surface area contributed by atoms with Crippen LogP contribution in [0.2, 0.25) is 0 Å². The van der Waals surface area contributed by atoms with Crippen LogP contribution in [0.3, 0.4) is 0 Å². The molecule has 0 bridgehead atoms. The first-order valence-corrected chi connectivity index (χ1v) is 7.84. The lowest BCUT2D eigenvalue weighted by Crippen LogP contribution is -2.01. The van der Waals surface area contributed by atoms with Crippen LogP contribution in [-0.2, 0) is 6.42 Å². The van der Waals surface area contributed by atoms with Gasteiger partial charge in [0.25, 0.3) is 0 Å². The van der Waals surface area contributed by atoms with Crippen molar-refractivity contribution in [1.82, 2.24) is 0 Å². The molecule has 2 aromatic carbocycles. The Hall–Kier alpha value is -1.86. The van der Waals surface area contributed by atoms with Gasteiger partial charge in [-0.1, -0.05) is 60.7 Å². The van der Waals surface area contributed by atoms with Crippen molar-refractivity contribution in [1.29, 1.82) is 0 Å². The van der Waals surface area contributed by atoms with E-state index in [1.165, 1.54) is 42.4 Å². The first kappa shape index (κ1) is 14.1. The smallest absolute Gasteiger partial charge is 0.0830 e. The van der Waals surface area contributed by atoms with Crippen molar-refractivity contribution in [2.24, 2.45) is 0 Å². The molecule has 0 fully saturated rings. The SMILES string of the molecule is OC(Cc1ccc(C2=CCCCC2)cc1)c1ccccc1. The van der Waals surface area contributed by atoms with Gasteiger partial charge in [0, 0.05) is 6.42 Å². The fraction of sp³-hybridized carbons (Fsp3) is 0.300. The van der Waals surface area contributed by atoms with E-state index in [-0.39, 0.29) is 0 Å². The second-order valence-electron chi connectivity index (χ2n) is 5.80. The fourth-order valence-corrected chi connectivity index (χ4v) is 2.97. The maximum Gasteiger partial charge on any atom is 0.0830 e. The molecule has 2 aromatic rings. The number of aliphatic hydroxyl groups is 1. The molecule has 0 spiro atoms. The van der Waals surface area contributed by atoms with Crippen LogP contribution >= 0.6 is 0 Å². The lowest BCUT2D eigenvalue weighted by Gasteiger charge is -2.14. The van der Waals surface area contributed by atoms with Gasteiger partial charge in [0.15, 0.2) is 0 Å². The molecule has 0 heterocycles. The molecule has 1 aliphatic rings. The Morgan fingerprint density at radius 2 is 1.67 bits per heavy atom. The van der Waals surface area contributed by atoms with Crippen molar-refractivity contribution in [2.45, 2.75) is 38.2 Å². The van der Waals surface area contributed by atoms with E-state index in [1.807, 2.05) is 30.3 Å². The van der Waals surface area contributed by atoms with Gasteiger partial charge >= 0.3 is 0 Å². The van der Waals surface area contributed by atoms with E-state index in [9.17, 15) is 5.11 Å². The van der Waals surface area contributed by atoms with Gasteiger partial charge in [-0.25, -0.2) is 0 Å². The van der Waals surface area contributed by atoms with Gasteiger partial charge in [0.05, 0.1) is 6.10 Å². The number of hydrogen-bond acceptors (Lipinski definition) is 1. The summed E-state index contributed by atoms with van der Waals surface area (Å²) in [5, 5.41) is 10.3. The van der Waals surface area contributed by atoms with Crippen LogP contribution in [0.1, 0.15) is 48.5 Å². The predicted octanol–water partition coefficient (Wildman–Crippen LogP) is 4.92. The van der Waals surface area contributed by atoms with Crippen molar-refractivity contribution < 1.29 is 5.11 Å². The molecule has 1 atom stereocenters. The molecule has 21 heavy (non-hydrogen) atoms. The van der Waals surface area contributed by atoms with Gasteiger partial charge in [-0.05, 0) is 47.9 Å². The zero-order valence-corrected chi connectivity index (χ0v) is 12.3. The highest BCUT2D eigenvalue weighted by atomic mass is 16.3. The summed E-state index contributed by atoms with van der Waals surface area (Å²) in [5.41, 5.74) is 4.99. The molecule has 0 radical (unpaired) electrons. The highest BCUT2D eigenvalue weighted by molar-refractivity contribution is 5.66. The Bertz CT molecular complexity index is 595. The molecule has 0 amide bonds. The quantitative estimate of drug-likeness (QED) is 0.841. The fourth-order valence-electron chi connectivity index (χ4n) is 2.97. The Morgan fingerprint density at radius 3 is 2.33 bits per heavy atom. The second kappa shape index (κ2) is 6.73. The van der Waals surface area contributed by atoms with E-state index >= 15 is 0 Å². The maximum absolute atomic E-state index is 10.3. The van der Waals surface area contributed by atoms with Crippen molar-refractivity contribution in [3.8, 4) is 0 Å². The minimum absolute atomic E-state index is 0.425. The molecular formula is C20H22O. The normalized spacial score (nSPS) is 16.3. The maximum atomic E-state index is 10.3. The third kappa shape index (κ3) is 3.62. The minimum atomic E-state index is -0.425. The number of allylic oxidation sites excluding steroid dienone is 2. The second-order valence-corrected chi connectivity index (χ2v) is 5.80. The third-order valence-corrected chi connectivity index (χ3v) is 4.23. The summed E-state index contributed by atoms with van der Waals surface area (Å²) in [4.78, 5) is 0. The van der Waals surface area contributed by atoms with Crippen LogP contribution < -0.4 is 0 Å². The van der Waals surface area contributed by atoms with Gasteiger partial charge < -0.3 is 5.11 Å². The standard InChI is InChI=1S/C20H22O/c21-20(19-9-5-2-6-10-19)15-16-11-13-18(14-12-16)17-7-3-1-4-8-17/h2,5-7,9-14,20-21H,1,3-4,8,15H2. The first-order valence-electron chi connectivity index (χ1n) is 7.84. The Kier molecular flexibility index (Phi) is 4.52. The lowest BCUT2D eigenvalue weighted by molar-refractivity contribution is 0.178. The van der Waals surface area contributed by atoms with Crippen LogP contribution in [0.25, 0.3) is 5.57 Å². The molecule has 1 nitrogen and oxygen atoms in total. The van der Waals surface area contributed by atoms with E-state index in [0.29, 0.717) is 6.42 Å². The summed E-state index contributed by atoms with van der Waals surface area (Å²) < 4.78 is 0. The molecule has 1 aliphatic carbocycles. The van der Waals surface area contributed by atoms with Crippen molar-refractivity contribution in [3.63, 3.8) is 0 Å². The lowest BCUT2D eigenvalue weighted by atomic mass is 9.92. The summed E-state index contributed by atoms with van der Waals surface area (Å²) in [6.45, 7) is 0. The molecule has 3 rings (SSSR count). The molecule has 0 aromatic heterocycles. The molecule has 0 saturated heterocycles. The molecule has 108 valence electrons. The van der Waals surface area contributed by atoms with E-state index in [4.69, 9.17) is 0 Å². The Balaban J connectivity index is 1.68. The van der Waals surface area contributed by atoms with E-state index < -0.39 is 6.10 Å². The summed E-state index contributed by atoms with van der Waals surface area (Å²) >= 11 is 0. The van der Waals surface area contributed by atoms with Crippen LogP contribution in [0, 0.1) is 0 Å². The summed E-state index contributed by atoms with van der Waals surface area (Å²) in [6.07, 6.45) is 7.66. The largest absolute Gasteiger partial charge is 0.388 e. The number of hydrogen-bond donors (Lipinski definition) is 1. The summed E-state index contributed by atoms with van der Waals surface area (Å²) in [6, 6.07) is 18.6. The molecule has 1 unspecified atom stereocenters. The van der Waals surface area contributed by atoms with Gasteiger partial charge in [0.2, 0.25) is 0 Å². The minimum Gasteiger partial charge on any atom is -0.388 e. The van der Waals surface area contributed by atoms with Crippen LogP contribution in [0.15, 0.2) is 60.7 Å². The molecule has 1 N–H and O–H groups in total. The Labute approximate surface area is 127 Å². The highest BCUT2D eigenvalue weighted by Gasteiger charge is 2.09. The Morgan fingerprint density at radius 1 is 0.905 bits per heavy atom. The number of rotatable bonds is 4. The van der Waals surface area contributed by atoms with Gasteiger partial charge in [0.1, 0.15) is 0 Å². The first-order chi connectivity index (χ1) is 10.3. The van der Waals surface area contributed by atoms with Crippen LogP contribution in [-0.4, -0.2) is 5.11 Å². The summed E-state index contributed by atoms with van der Waals surface area (Å²) in [5.74, 6) is 0. The highest BCUT2D eigenvalue weighted by Crippen LogP contribution is 2.27. The molecule has 0 aliphatic heterocycles. The van der Waals surface area contributed by atoms with Crippen molar-refractivity contribution in [3.05, 3.63) is 77.4 Å². The third-order valence-electron chi connectivity index (χ3n) is 4.23. The van der Waals surface area contributed by atoms with Crippen LogP contribution in [0.5, 0.6) is 0 Å². The molecule has 0 saturated carbocycles. The zero-order valence-electron chi connectivity index (χ0n) is 12.3. The predicted molar refractivity (Wildman–Crippen MR) is 88.0 cm³/mol. The van der Waals surface area contributed by atoms with Crippen LogP contribution in [0.4, 0.5) is 0 Å². The van der Waals surface area contributed by atoms with Crippen molar-refractivity contribution >= 4 is 5.57 Å². The summed E-state index contributed by atoms with van der Waals surface area (Å²) in [7, 11) is 0. The topological polar surface area (TPSA) is 20.2 Å². The van der Waals surface area contributed by atoms with E-state index in [1.54, 1.807) is 0 Å². The average molecular weight is 278 g/mol. The number of benzene rings is 2. The van der Waals surface area contributed by atoms with Gasteiger partial charge in [-0.3, -0.25) is 0 Å². The van der Waals surface area contributed by atoms with Crippen molar-refractivity contribution in [2.75, 3.05) is 0 Å². The van der Waals surface area contributed by atoms with E-state index in [2.05, 4.69) is 30.3 Å². The van der Waals surface area contributed by atoms with Gasteiger partial charge in [-0.15, -0.1) is 0 Å². The molecule has 1 heteroatoms. The zero-order chi connectivity index (χ0) is 14.5. The van der Waals surface area contributed by atoms with Gasteiger partial charge in [-0.2, -0.15) is 0 Å². The monoisotopic (exact) mass is 278 g/mol. The molecular weight excluding hydrogens is 256 g/mol.